The molecule has 9 nitrogen and oxygen atoms in total. The van der Waals surface area contributed by atoms with Crippen LogP contribution < -0.4 is 20.7 Å². The number of halogens is 2. The average molecular weight is 554 g/mol. The molecule has 4 N–H and O–H groups in total. The Balaban J connectivity index is 1.35. The van der Waals surface area contributed by atoms with Gasteiger partial charge in [0.25, 0.3) is 10.0 Å². The molecule has 0 bridgehead atoms. The summed E-state index contributed by atoms with van der Waals surface area (Å²) in [6.07, 6.45) is 5.37. The van der Waals surface area contributed by atoms with Gasteiger partial charge in [0.1, 0.15) is 16.5 Å². The van der Waals surface area contributed by atoms with Gasteiger partial charge in [0.2, 0.25) is 5.95 Å². The van der Waals surface area contributed by atoms with Crippen molar-refractivity contribution in [3.05, 3.63) is 83.9 Å². The third-order valence-corrected chi connectivity index (χ3v) is 7.85. The van der Waals surface area contributed by atoms with E-state index in [1.54, 1.807) is 36.7 Å². The molecule has 0 spiro atoms. The molecule has 1 aliphatic heterocycles. The fourth-order valence-corrected chi connectivity index (χ4v) is 5.70. The molecular weight excluding hydrogens is 529 g/mol. The smallest absolute Gasteiger partial charge is 0.263 e. The summed E-state index contributed by atoms with van der Waals surface area (Å²) in [6.45, 7) is 1.85. The van der Waals surface area contributed by atoms with E-state index in [-0.39, 0.29) is 27.3 Å². The molecule has 196 valence electrons. The molecule has 4 aromatic rings. The molecule has 0 saturated carbocycles. The molecular formula is C26H25ClFN7O2S. The van der Waals surface area contributed by atoms with Crippen LogP contribution >= 0.6 is 11.6 Å². The highest BCUT2D eigenvalue weighted by molar-refractivity contribution is 7.92. The molecule has 0 unspecified atom stereocenters. The van der Waals surface area contributed by atoms with Gasteiger partial charge in [-0.05, 0) is 61.9 Å². The molecule has 12 heteroatoms. The van der Waals surface area contributed by atoms with E-state index in [0.717, 1.165) is 32.0 Å². The van der Waals surface area contributed by atoms with Crippen LogP contribution in [0.25, 0.3) is 11.3 Å². The maximum Gasteiger partial charge on any atom is 0.263 e. The molecule has 0 amide bonds. The number of piperidine rings is 1. The van der Waals surface area contributed by atoms with Crippen molar-refractivity contribution >= 4 is 44.8 Å². The molecule has 1 fully saturated rings. The summed E-state index contributed by atoms with van der Waals surface area (Å²) < 4.78 is 42.8. The van der Waals surface area contributed by atoms with Crippen molar-refractivity contribution in [2.24, 2.45) is 0 Å². The Hall–Kier alpha value is -3.80. The highest BCUT2D eigenvalue weighted by Crippen LogP contribution is 2.30. The van der Waals surface area contributed by atoms with Crippen molar-refractivity contribution < 1.29 is 12.8 Å². The highest BCUT2D eigenvalue weighted by atomic mass is 35.5. The number of sulfonamides is 1. The minimum atomic E-state index is -4.00. The number of hydrogen-bond donors (Lipinski definition) is 4. The van der Waals surface area contributed by atoms with Crippen molar-refractivity contribution in [1.82, 2.24) is 20.3 Å². The number of pyridine rings is 1. The summed E-state index contributed by atoms with van der Waals surface area (Å²) in [6, 6.07) is 15.6. The van der Waals surface area contributed by atoms with Crippen LogP contribution in [0.15, 0.2) is 78.0 Å². The van der Waals surface area contributed by atoms with Crippen molar-refractivity contribution in [3.8, 4) is 11.3 Å². The monoisotopic (exact) mass is 553 g/mol. The van der Waals surface area contributed by atoms with Crippen molar-refractivity contribution in [2.45, 2.75) is 23.8 Å². The number of hydrogen-bond acceptors (Lipinski definition) is 8. The van der Waals surface area contributed by atoms with Crippen molar-refractivity contribution in [2.75, 3.05) is 28.4 Å². The summed E-state index contributed by atoms with van der Waals surface area (Å²) in [5, 5.41) is 9.78. The lowest BCUT2D eigenvalue weighted by molar-refractivity contribution is 0.478. The van der Waals surface area contributed by atoms with E-state index in [2.05, 4.69) is 35.6 Å². The van der Waals surface area contributed by atoms with Gasteiger partial charge in [0.15, 0.2) is 0 Å². The van der Waals surface area contributed by atoms with Gasteiger partial charge in [0.05, 0.1) is 22.1 Å². The van der Waals surface area contributed by atoms with Crippen LogP contribution in [0, 0.1) is 5.82 Å². The van der Waals surface area contributed by atoms with Gasteiger partial charge >= 0.3 is 0 Å². The second-order valence-electron chi connectivity index (χ2n) is 8.71. The number of nitrogens with zero attached hydrogens (tertiary/aromatic N) is 3. The minimum Gasteiger partial charge on any atom is -0.350 e. The first-order chi connectivity index (χ1) is 18.4. The lowest BCUT2D eigenvalue weighted by atomic mass is 10.1. The Morgan fingerprint density at radius 2 is 1.89 bits per heavy atom. The Labute approximate surface area is 225 Å². The van der Waals surface area contributed by atoms with E-state index in [0.29, 0.717) is 23.0 Å². The number of aromatic nitrogens is 3. The van der Waals surface area contributed by atoms with Crippen LogP contribution in [0.1, 0.15) is 12.8 Å². The molecule has 38 heavy (non-hydrogen) atoms. The topological polar surface area (TPSA) is 121 Å². The molecule has 2 aromatic carbocycles. The third-order valence-electron chi connectivity index (χ3n) is 5.97. The molecule has 1 saturated heterocycles. The predicted molar refractivity (Wildman–Crippen MR) is 147 cm³/mol. The maximum atomic E-state index is 15.1. The largest absolute Gasteiger partial charge is 0.350 e. The van der Waals surface area contributed by atoms with Crippen molar-refractivity contribution in [1.29, 1.82) is 0 Å². The van der Waals surface area contributed by atoms with Gasteiger partial charge in [-0.1, -0.05) is 23.7 Å². The van der Waals surface area contributed by atoms with Gasteiger partial charge < -0.3 is 16.0 Å². The van der Waals surface area contributed by atoms with Crippen LogP contribution in [0.5, 0.6) is 0 Å². The van der Waals surface area contributed by atoms with Crippen molar-refractivity contribution in [3.63, 3.8) is 0 Å². The van der Waals surface area contributed by atoms with Crippen LogP contribution in [-0.4, -0.2) is 42.5 Å². The minimum absolute atomic E-state index is 0.0536. The second-order valence-corrected chi connectivity index (χ2v) is 10.8. The Morgan fingerprint density at radius 3 is 2.68 bits per heavy atom. The van der Waals surface area contributed by atoms with E-state index >= 15 is 4.39 Å². The fourth-order valence-electron chi connectivity index (χ4n) is 4.13. The zero-order chi connectivity index (χ0) is 26.5. The molecule has 1 aliphatic rings. The van der Waals surface area contributed by atoms with E-state index in [9.17, 15) is 8.42 Å². The zero-order valence-electron chi connectivity index (χ0n) is 20.2. The Kier molecular flexibility index (Phi) is 7.68. The standard InChI is InChI=1S/C26H25ClFN7O2S/c27-20-7-1-2-8-24(20)38(36,37)35-17-9-10-23(21(28)15-17)33-25-19(6-4-13-30-25)22-11-14-31-26(34-22)32-18-5-3-12-29-16-18/h1-2,4,6-11,13-15,18,29,35H,3,5,12,16H2,(H,30,33)(H,31,32,34)/t18-/m0/s1. The fraction of sp³-hybridized carbons (Fsp3) is 0.192. The van der Waals surface area contributed by atoms with E-state index in [1.165, 1.54) is 24.3 Å². The number of anilines is 4. The first-order valence-electron chi connectivity index (χ1n) is 12.0. The normalized spacial score (nSPS) is 15.6. The van der Waals surface area contributed by atoms with Gasteiger partial charge in [-0.2, -0.15) is 0 Å². The average Bonchev–Trinajstić information content (AvgIpc) is 2.91. The van der Waals surface area contributed by atoms with Gasteiger partial charge in [-0.3, -0.25) is 4.72 Å². The summed E-state index contributed by atoms with van der Waals surface area (Å²) in [4.78, 5) is 13.3. The van der Waals surface area contributed by atoms with Crippen LogP contribution in [-0.2, 0) is 10.0 Å². The maximum absolute atomic E-state index is 15.1. The highest BCUT2D eigenvalue weighted by Gasteiger charge is 2.19. The van der Waals surface area contributed by atoms with Crippen LogP contribution in [0.4, 0.5) is 27.5 Å². The summed E-state index contributed by atoms with van der Waals surface area (Å²) >= 11 is 6.02. The zero-order valence-corrected chi connectivity index (χ0v) is 21.7. The molecule has 2 aromatic heterocycles. The van der Waals surface area contributed by atoms with E-state index in [1.807, 2.05) is 6.07 Å². The quantitative estimate of drug-likeness (QED) is 0.239. The number of nitrogens with one attached hydrogen (secondary N) is 4. The number of rotatable bonds is 8. The molecule has 3 heterocycles. The van der Waals surface area contributed by atoms with Gasteiger partial charge in [0, 0.05) is 36.6 Å². The SMILES string of the molecule is O=S(=O)(Nc1ccc(Nc2ncccc2-c2ccnc(N[C@H]3CCCNC3)n2)c(F)c1)c1ccccc1Cl. The van der Waals surface area contributed by atoms with Gasteiger partial charge in [-0.25, -0.2) is 27.8 Å². The number of benzene rings is 2. The van der Waals surface area contributed by atoms with E-state index in [4.69, 9.17) is 11.6 Å². The first kappa shape index (κ1) is 25.8. The lowest BCUT2D eigenvalue weighted by Crippen LogP contribution is -2.38. The summed E-state index contributed by atoms with van der Waals surface area (Å²) in [7, 11) is -4.00. The second kappa shape index (κ2) is 11.3. The molecule has 1 atom stereocenters. The predicted octanol–water partition coefficient (Wildman–Crippen LogP) is 5.04. The summed E-state index contributed by atoms with van der Waals surface area (Å²) in [5.74, 6) is 0.225. The summed E-state index contributed by atoms with van der Waals surface area (Å²) in [5.41, 5.74) is 1.44. The van der Waals surface area contributed by atoms with Crippen LogP contribution in [0.3, 0.4) is 0 Å². The Morgan fingerprint density at radius 1 is 1.03 bits per heavy atom. The Bertz CT molecular complexity index is 1550. The van der Waals surface area contributed by atoms with Gasteiger partial charge in [-0.15, -0.1) is 0 Å². The molecule has 5 rings (SSSR count). The molecule has 0 aliphatic carbocycles. The first-order valence-corrected chi connectivity index (χ1v) is 13.8. The third kappa shape index (κ3) is 6.01. The molecule has 0 radical (unpaired) electrons. The lowest BCUT2D eigenvalue weighted by Gasteiger charge is -2.23. The van der Waals surface area contributed by atoms with Crippen LogP contribution in [0.2, 0.25) is 5.02 Å². The van der Waals surface area contributed by atoms with E-state index < -0.39 is 15.8 Å².